The molecular weight excluding hydrogens is 146 g/mol. The summed E-state index contributed by atoms with van der Waals surface area (Å²) >= 11 is 0. The number of hydrogen-bond donors (Lipinski definition) is 1. The molecule has 0 aromatic rings. The number of amides is 1. The molecule has 0 saturated carbocycles. The van der Waals surface area contributed by atoms with Gasteiger partial charge < -0.3 is 10.5 Å². The van der Waals surface area contributed by atoms with E-state index in [0.29, 0.717) is 6.61 Å². The zero-order valence-corrected chi connectivity index (χ0v) is 6.63. The number of hydrogen-bond acceptors (Lipinski definition) is 3. The predicted octanol–water partition coefficient (Wildman–Crippen LogP) is 0.205. The smallest absolute Gasteiger partial charge is 0.306 e. The van der Waals surface area contributed by atoms with Gasteiger partial charge in [-0.25, -0.2) is 0 Å². The Morgan fingerprint density at radius 2 is 2.00 bits per heavy atom. The number of ether oxygens (including phenoxy) is 1. The van der Waals surface area contributed by atoms with Crippen molar-refractivity contribution in [1.82, 2.24) is 0 Å². The highest BCUT2D eigenvalue weighted by molar-refractivity contribution is 5.79. The van der Waals surface area contributed by atoms with E-state index in [2.05, 4.69) is 0 Å². The van der Waals surface area contributed by atoms with Crippen LogP contribution in [0.4, 0.5) is 0 Å². The maximum Gasteiger partial charge on any atom is 0.306 e. The van der Waals surface area contributed by atoms with Crippen molar-refractivity contribution in [3.63, 3.8) is 0 Å². The molecule has 0 fully saturated rings. The van der Waals surface area contributed by atoms with Gasteiger partial charge in [0.05, 0.1) is 13.0 Å². The molecule has 0 bridgehead atoms. The minimum atomic E-state index is -0.474. The zero-order valence-electron chi connectivity index (χ0n) is 6.63. The van der Waals surface area contributed by atoms with E-state index in [1.54, 1.807) is 0 Å². The molecule has 0 radical (unpaired) electrons. The van der Waals surface area contributed by atoms with Crippen LogP contribution in [0.15, 0.2) is 0 Å². The maximum atomic E-state index is 10.7. The van der Waals surface area contributed by atoms with Crippen LogP contribution >= 0.6 is 0 Å². The Morgan fingerprint density at radius 3 is 2.45 bits per heavy atom. The Bertz CT molecular complexity index is 145. The molecule has 0 aliphatic rings. The molecule has 2 N–H and O–H groups in total. The Morgan fingerprint density at radius 1 is 1.36 bits per heavy atom. The summed E-state index contributed by atoms with van der Waals surface area (Å²) in [5, 5.41) is 0. The average Bonchev–Trinajstić information content (AvgIpc) is 1.97. The molecule has 0 aromatic heterocycles. The lowest BCUT2D eigenvalue weighted by Crippen LogP contribution is -2.14. The molecule has 1 amide bonds. The summed E-state index contributed by atoms with van der Waals surface area (Å²) < 4.78 is 4.69. The molecule has 0 atom stereocenters. The molecule has 0 aromatic carbocycles. The van der Waals surface area contributed by atoms with E-state index in [0.717, 1.165) is 6.42 Å². The summed E-state index contributed by atoms with van der Waals surface area (Å²) in [6, 6.07) is 0. The van der Waals surface area contributed by atoms with Gasteiger partial charge in [0, 0.05) is 6.42 Å². The van der Waals surface area contributed by atoms with E-state index < -0.39 is 5.91 Å². The van der Waals surface area contributed by atoms with Gasteiger partial charge in [0.25, 0.3) is 0 Å². The lowest BCUT2D eigenvalue weighted by Gasteiger charge is -2.00. The molecule has 0 saturated heterocycles. The first-order chi connectivity index (χ1) is 5.16. The molecule has 0 spiro atoms. The van der Waals surface area contributed by atoms with Crippen LogP contribution in [0.2, 0.25) is 0 Å². The molecule has 0 heterocycles. The van der Waals surface area contributed by atoms with Crippen LogP contribution in [0, 0.1) is 0 Å². The minimum absolute atomic E-state index is 0.0720. The molecule has 64 valence electrons. The molecule has 0 unspecified atom stereocenters. The number of carbonyl (C=O) groups is 2. The van der Waals surface area contributed by atoms with Crippen molar-refractivity contribution in [2.75, 3.05) is 6.61 Å². The van der Waals surface area contributed by atoms with Crippen LogP contribution in [-0.2, 0) is 14.3 Å². The topological polar surface area (TPSA) is 69.4 Å². The summed E-state index contributed by atoms with van der Waals surface area (Å²) in [4.78, 5) is 20.9. The first kappa shape index (κ1) is 9.94. The fraction of sp³-hybridized carbons (Fsp3) is 0.714. The fourth-order valence-corrected chi connectivity index (χ4v) is 0.513. The second-order valence-corrected chi connectivity index (χ2v) is 2.19. The summed E-state index contributed by atoms with van der Waals surface area (Å²) in [6.07, 6.45) is 0.959. The Labute approximate surface area is 65.7 Å². The highest BCUT2D eigenvalue weighted by Gasteiger charge is 2.03. The van der Waals surface area contributed by atoms with Gasteiger partial charge in [0.1, 0.15) is 0 Å². The lowest BCUT2D eigenvalue weighted by molar-refractivity contribution is -0.144. The van der Waals surface area contributed by atoms with Crippen LogP contribution in [0.25, 0.3) is 0 Å². The van der Waals surface area contributed by atoms with Crippen LogP contribution in [0.3, 0.4) is 0 Å². The first-order valence-electron chi connectivity index (χ1n) is 3.60. The monoisotopic (exact) mass is 159 g/mol. The Hall–Kier alpha value is -1.06. The fourth-order valence-electron chi connectivity index (χ4n) is 0.513. The van der Waals surface area contributed by atoms with Gasteiger partial charge in [-0.2, -0.15) is 0 Å². The molecule has 0 aliphatic heterocycles. The van der Waals surface area contributed by atoms with Gasteiger partial charge in [0.15, 0.2) is 0 Å². The van der Waals surface area contributed by atoms with E-state index in [4.69, 9.17) is 10.5 Å². The molecule has 0 rings (SSSR count). The van der Waals surface area contributed by atoms with E-state index in [1.807, 2.05) is 6.92 Å². The van der Waals surface area contributed by atoms with E-state index in [9.17, 15) is 9.59 Å². The van der Waals surface area contributed by atoms with Gasteiger partial charge in [-0.1, -0.05) is 6.92 Å². The molecule has 0 aliphatic carbocycles. The van der Waals surface area contributed by atoms with Gasteiger partial charge in [-0.3, -0.25) is 9.59 Å². The second-order valence-electron chi connectivity index (χ2n) is 2.19. The van der Waals surface area contributed by atoms with Gasteiger partial charge in [0.2, 0.25) is 5.91 Å². The van der Waals surface area contributed by atoms with Crippen molar-refractivity contribution < 1.29 is 14.3 Å². The van der Waals surface area contributed by atoms with Crippen LogP contribution in [0.5, 0.6) is 0 Å². The molecule has 4 nitrogen and oxygen atoms in total. The number of primary amides is 1. The zero-order chi connectivity index (χ0) is 8.69. The standard InChI is InChI=1S/C7H13NO3/c1-2-5-11-7(10)4-3-6(8)9/h2-5H2,1H3,(H2,8,9). The summed E-state index contributed by atoms with van der Waals surface area (Å²) in [5.74, 6) is -0.830. The highest BCUT2D eigenvalue weighted by Crippen LogP contribution is 1.92. The van der Waals surface area contributed by atoms with Crippen molar-refractivity contribution >= 4 is 11.9 Å². The van der Waals surface area contributed by atoms with Crippen molar-refractivity contribution in [1.29, 1.82) is 0 Å². The van der Waals surface area contributed by atoms with Crippen molar-refractivity contribution in [2.45, 2.75) is 26.2 Å². The normalized spacial score (nSPS) is 9.18. The van der Waals surface area contributed by atoms with Crippen molar-refractivity contribution in [3.8, 4) is 0 Å². The van der Waals surface area contributed by atoms with Crippen molar-refractivity contribution in [3.05, 3.63) is 0 Å². The summed E-state index contributed by atoms with van der Waals surface area (Å²) in [7, 11) is 0. The summed E-state index contributed by atoms with van der Waals surface area (Å²) in [5.41, 5.74) is 4.82. The average molecular weight is 159 g/mol. The minimum Gasteiger partial charge on any atom is -0.466 e. The van der Waals surface area contributed by atoms with E-state index in [1.165, 1.54) is 0 Å². The van der Waals surface area contributed by atoms with Gasteiger partial charge in [-0.05, 0) is 6.42 Å². The van der Waals surface area contributed by atoms with Gasteiger partial charge >= 0.3 is 5.97 Å². The Kier molecular flexibility index (Phi) is 5.15. The third-order valence-electron chi connectivity index (χ3n) is 1.04. The molecule has 4 heteroatoms. The van der Waals surface area contributed by atoms with Crippen LogP contribution in [-0.4, -0.2) is 18.5 Å². The third-order valence-corrected chi connectivity index (χ3v) is 1.04. The Balaban J connectivity index is 3.30. The maximum absolute atomic E-state index is 10.7. The molecule has 11 heavy (non-hydrogen) atoms. The quantitative estimate of drug-likeness (QED) is 0.583. The number of rotatable bonds is 5. The highest BCUT2D eigenvalue weighted by atomic mass is 16.5. The lowest BCUT2D eigenvalue weighted by atomic mass is 10.3. The second kappa shape index (κ2) is 5.70. The number of esters is 1. The number of carbonyl (C=O) groups excluding carboxylic acids is 2. The van der Waals surface area contributed by atoms with Crippen LogP contribution < -0.4 is 5.73 Å². The van der Waals surface area contributed by atoms with E-state index >= 15 is 0 Å². The van der Waals surface area contributed by atoms with Crippen molar-refractivity contribution in [2.24, 2.45) is 5.73 Å². The van der Waals surface area contributed by atoms with Gasteiger partial charge in [-0.15, -0.1) is 0 Å². The number of nitrogens with two attached hydrogens (primary N) is 1. The summed E-state index contributed by atoms with van der Waals surface area (Å²) in [6.45, 7) is 2.32. The van der Waals surface area contributed by atoms with Crippen LogP contribution in [0.1, 0.15) is 26.2 Å². The third kappa shape index (κ3) is 6.83. The van der Waals surface area contributed by atoms with E-state index in [-0.39, 0.29) is 18.8 Å². The first-order valence-corrected chi connectivity index (χ1v) is 3.60. The SMILES string of the molecule is CCCOC(=O)CCC(N)=O. The largest absolute Gasteiger partial charge is 0.466 e. The predicted molar refractivity (Wildman–Crippen MR) is 39.7 cm³/mol. The molecular formula is C7H13NO3.